The van der Waals surface area contributed by atoms with E-state index in [0.29, 0.717) is 6.54 Å². The first-order valence-corrected chi connectivity index (χ1v) is 5.67. The minimum Gasteiger partial charge on any atom is -0.376 e. The summed E-state index contributed by atoms with van der Waals surface area (Å²) in [6.45, 7) is 1.32. The molecule has 1 saturated heterocycles. The lowest BCUT2D eigenvalue weighted by atomic mass is 10.1. The second-order valence-electron chi connectivity index (χ2n) is 3.71. The molecule has 88 valence electrons. The van der Waals surface area contributed by atoms with Gasteiger partial charge in [-0.1, -0.05) is 0 Å². The number of rotatable bonds is 3. The fraction of sp³-hybridized carbons (Fsp3) is 0.600. The minimum absolute atomic E-state index is 0.0356. The molecule has 16 heavy (non-hydrogen) atoms. The zero-order valence-corrected chi connectivity index (χ0v) is 9.50. The van der Waals surface area contributed by atoms with Crippen LogP contribution in [0.15, 0.2) is 6.20 Å². The van der Waals surface area contributed by atoms with Crippen molar-refractivity contribution >= 4 is 17.4 Å². The van der Waals surface area contributed by atoms with Gasteiger partial charge in [0.2, 0.25) is 5.28 Å². The molecule has 1 N–H and O–H groups in total. The molecule has 1 aliphatic rings. The van der Waals surface area contributed by atoms with Gasteiger partial charge in [-0.2, -0.15) is 4.98 Å². The van der Waals surface area contributed by atoms with Crippen molar-refractivity contribution in [3.63, 3.8) is 0 Å². The van der Waals surface area contributed by atoms with Crippen LogP contribution in [0.4, 0.5) is 10.2 Å². The zero-order chi connectivity index (χ0) is 11.4. The van der Waals surface area contributed by atoms with E-state index in [1.54, 1.807) is 0 Å². The molecule has 1 aromatic rings. The van der Waals surface area contributed by atoms with Crippen molar-refractivity contribution in [1.82, 2.24) is 9.97 Å². The Labute approximate surface area is 98.2 Å². The third-order valence-electron chi connectivity index (χ3n) is 2.49. The van der Waals surface area contributed by atoms with Gasteiger partial charge in [-0.3, -0.25) is 0 Å². The van der Waals surface area contributed by atoms with Crippen molar-refractivity contribution in [1.29, 1.82) is 0 Å². The number of nitrogens with zero attached hydrogens (tertiary/aromatic N) is 2. The summed E-state index contributed by atoms with van der Waals surface area (Å²) in [4.78, 5) is 7.31. The molecule has 1 aromatic heterocycles. The third-order valence-corrected chi connectivity index (χ3v) is 2.67. The van der Waals surface area contributed by atoms with Gasteiger partial charge in [0.05, 0.1) is 12.3 Å². The van der Waals surface area contributed by atoms with Gasteiger partial charge >= 0.3 is 0 Å². The van der Waals surface area contributed by atoms with Crippen LogP contribution < -0.4 is 5.32 Å². The van der Waals surface area contributed by atoms with E-state index in [1.165, 1.54) is 0 Å². The molecule has 1 atom stereocenters. The molecule has 1 unspecified atom stereocenters. The summed E-state index contributed by atoms with van der Waals surface area (Å²) in [5.41, 5.74) is 0. The van der Waals surface area contributed by atoms with E-state index in [-0.39, 0.29) is 17.2 Å². The summed E-state index contributed by atoms with van der Waals surface area (Å²) < 4.78 is 18.7. The molecule has 1 fully saturated rings. The quantitative estimate of drug-likeness (QED) is 0.830. The fourth-order valence-electron chi connectivity index (χ4n) is 1.65. The van der Waals surface area contributed by atoms with Crippen molar-refractivity contribution < 1.29 is 9.13 Å². The van der Waals surface area contributed by atoms with Crippen LogP contribution in [0.1, 0.15) is 19.3 Å². The fourth-order valence-corrected chi connectivity index (χ4v) is 1.78. The Balaban J connectivity index is 1.90. The molecule has 0 saturated carbocycles. The molecule has 6 heteroatoms. The molecule has 4 nitrogen and oxygen atoms in total. The van der Waals surface area contributed by atoms with E-state index < -0.39 is 5.82 Å². The lowest BCUT2D eigenvalue weighted by molar-refractivity contribution is 0.0247. The van der Waals surface area contributed by atoms with Crippen molar-refractivity contribution in [3.8, 4) is 0 Å². The highest BCUT2D eigenvalue weighted by molar-refractivity contribution is 6.28. The van der Waals surface area contributed by atoms with E-state index in [0.717, 1.165) is 32.1 Å². The topological polar surface area (TPSA) is 47.0 Å². The highest BCUT2D eigenvalue weighted by atomic mass is 35.5. The monoisotopic (exact) mass is 245 g/mol. The Hall–Kier alpha value is -0.940. The van der Waals surface area contributed by atoms with E-state index in [9.17, 15) is 4.39 Å². The average molecular weight is 246 g/mol. The predicted molar refractivity (Wildman–Crippen MR) is 59.1 cm³/mol. The van der Waals surface area contributed by atoms with E-state index in [1.807, 2.05) is 0 Å². The molecular weight excluding hydrogens is 233 g/mol. The Morgan fingerprint density at radius 1 is 1.56 bits per heavy atom. The number of hydrogen-bond acceptors (Lipinski definition) is 4. The smallest absolute Gasteiger partial charge is 0.224 e. The van der Waals surface area contributed by atoms with E-state index in [4.69, 9.17) is 16.3 Å². The molecule has 0 radical (unpaired) electrons. The van der Waals surface area contributed by atoms with Crippen LogP contribution >= 0.6 is 11.6 Å². The maximum Gasteiger partial charge on any atom is 0.224 e. The zero-order valence-electron chi connectivity index (χ0n) is 8.75. The van der Waals surface area contributed by atoms with Crippen LogP contribution in [0.5, 0.6) is 0 Å². The molecule has 0 bridgehead atoms. The summed E-state index contributed by atoms with van der Waals surface area (Å²) in [6.07, 6.45) is 4.43. The Morgan fingerprint density at radius 2 is 2.44 bits per heavy atom. The Morgan fingerprint density at radius 3 is 3.19 bits per heavy atom. The summed E-state index contributed by atoms with van der Waals surface area (Å²) in [5, 5.41) is 2.92. The molecule has 0 aliphatic carbocycles. The molecule has 1 aliphatic heterocycles. The highest BCUT2D eigenvalue weighted by Crippen LogP contribution is 2.15. The SMILES string of the molecule is Fc1cnc(Cl)nc1NCC1CCCCO1. The Kier molecular flexibility index (Phi) is 3.90. The molecule has 2 heterocycles. The number of halogens is 2. The van der Waals surface area contributed by atoms with Gasteiger partial charge < -0.3 is 10.1 Å². The van der Waals surface area contributed by atoms with Crippen molar-refractivity contribution in [2.75, 3.05) is 18.5 Å². The first-order chi connectivity index (χ1) is 7.75. The number of anilines is 1. The van der Waals surface area contributed by atoms with Gasteiger partial charge in [-0.05, 0) is 30.9 Å². The van der Waals surface area contributed by atoms with Gasteiger partial charge in [0.15, 0.2) is 11.6 Å². The summed E-state index contributed by atoms with van der Waals surface area (Å²) in [6, 6.07) is 0. The highest BCUT2D eigenvalue weighted by Gasteiger charge is 2.14. The van der Waals surface area contributed by atoms with Crippen LogP contribution in [0.3, 0.4) is 0 Å². The lowest BCUT2D eigenvalue weighted by Gasteiger charge is -2.22. The van der Waals surface area contributed by atoms with E-state index >= 15 is 0 Å². The largest absolute Gasteiger partial charge is 0.376 e. The van der Waals surface area contributed by atoms with Crippen LogP contribution in [-0.4, -0.2) is 29.2 Å². The van der Waals surface area contributed by atoms with Gasteiger partial charge in [0.1, 0.15) is 0 Å². The van der Waals surface area contributed by atoms with Gasteiger partial charge in [-0.15, -0.1) is 0 Å². The second kappa shape index (κ2) is 5.41. The minimum atomic E-state index is -0.500. The molecule has 0 aromatic carbocycles. The third kappa shape index (κ3) is 3.02. The van der Waals surface area contributed by atoms with E-state index in [2.05, 4.69) is 15.3 Å². The normalized spacial score (nSPS) is 20.8. The first-order valence-electron chi connectivity index (χ1n) is 5.29. The number of aromatic nitrogens is 2. The standard InChI is InChI=1S/C10H13ClFN3O/c11-10-14-6-8(12)9(15-10)13-5-7-3-1-2-4-16-7/h6-7H,1-5H2,(H,13,14,15). The number of nitrogens with one attached hydrogen (secondary N) is 1. The Bertz CT molecular complexity index is 358. The molecule has 2 rings (SSSR count). The lowest BCUT2D eigenvalue weighted by Crippen LogP contribution is -2.27. The van der Waals surface area contributed by atoms with Crippen molar-refractivity contribution in [2.24, 2.45) is 0 Å². The molecule has 0 spiro atoms. The van der Waals surface area contributed by atoms with Gasteiger partial charge in [0.25, 0.3) is 0 Å². The first kappa shape index (κ1) is 11.5. The van der Waals surface area contributed by atoms with Gasteiger partial charge in [0, 0.05) is 13.2 Å². The molecular formula is C10H13ClFN3O. The van der Waals surface area contributed by atoms with Crippen LogP contribution in [-0.2, 0) is 4.74 Å². The second-order valence-corrected chi connectivity index (χ2v) is 4.04. The maximum absolute atomic E-state index is 13.2. The predicted octanol–water partition coefficient (Wildman–Crippen LogP) is 2.25. The summed E-state index contributed by atoms with van der Waals surface area (Å²) in [5.74, 6) is -0.366. The molecule has 0 amide bonds. The number of hydrogen-bond donors (Lipinski definition) is 1. The van der Waals surface area contributed by atoms with Gasteiger partial charge in [-0.25, -0.2) is 9.37 Å². The van der Waals surface area contributed by atoms with Crippen LogP contribution in [0.25, 0.3) is 0 Å². The summed E-state index contributed by atoms with van der Waals surface area (Å²) >= 11 is 5.58. The van der Waals surface area contributed by atoms with Crippen molar-refractivity contribution in [2.45, 2.75) is 25.4 Å². The van der Waals surface area contributed by atoms with Crippen LogP contribution in [0, 0.1) is 5.82 Å². The summed E-state index contributed by atoms with van der Waals surface area (Å²) in [7, 11) is 0. The number of ether oxygens (including phenoxy) is 1. The van der Waals surface area contributed by atoms with Crippen molar-refractivity contribution in [3.05, 3.63) is 17.3 Å². The average Bonchev–Trinajstić information content (AvgIpc) is 2.32. The maximum atomic E-state index is 13.2. The van der Waals surface area contributed by atoms with Crippen LogP contribution in [0.2, 0.25) is 5.28 Å².